The van der Waals surface area contributed by atoms with Crippen molar-refractivity contribution in [1.29, 1.82) is 0 Å². The van der Waals surface area contributed by atoms with Crippen molar-refractivity contribution in [2.24, 2.45) is 34.5 Å². The SMILES string of the molecule is CC(O)C[C@@]1(O)C(C)C[C@H]2[C@@H]3CCC4=CCC=C[C@]4(C)[C@H]3CC[C@@]21C. The Morgan fingerprint density at radius 1 is 1.24 bits per heavy atom. The van der Waals surface area contributed by atoms with Crippen molar-refractivity contribution in [1.82, 2.24) is 0 Å². The third kappa shape index (κ3) is 2.29. The molecular formula is C23H36O2. The summed E-state index contributed by atoms with van der Waals surface area (Å²) in [4.78, 5) is 0. The molecule has 0 spiro atoms. The lowest BCUT2D eigenvalue weighted by atomic mass is 9.47. The van der Waals surface area contributed by atoms with Crippen LogP contribution < -0.4 is 0 Å². The van der Waals surface area contributed by atoms with E-state index in [1.807, 2.05) is 6.92 Å². The average molecular weight is 345 g/mol. The summed E-state index contributed by atoms with van der Waals surface area (Å²) in [7, 11) is 0. The molecule has 25 heavy (non-hydrogen) atoms. The summed E-state index contributed by atoms with van der Waals surface area (Å²) in [6.45, 7) is 8.86. The molecule has 4 aliphatic carbocycles. The third-order valence-corrected chi connectivity index (χ3v) is 9.02. The van der Waals surface area contributed by atoms with Gasteiger partial charge in [-0.3, -0.25) is 0 Å². The van der Waals surface area contributed by atoms with Crippen LogP contribution in [0.2, 0.25) is 0 Å². The maximum Gasteiger partial charge on any atom is 0.0753 e. The van der Waals surface area contributed by atoms with Crippen molar-refractivity contribution in [3.8, 4) is 0 Å². The first-order chi connectivity index (χ1) is 11.7. The Bertz CT molecular complexity index is 605. The molecule has 0 aromatic rings. The predicted molar refractivity (Wildman–Crippen MR) is 102 cm³/mol. The molecule has 0 aromatic carbocycles. The Labute approximate surface area is 153 Å². The van der Waals surface area contributed by atoms with Gasteiger partial charge in [0.2, 0.25) is 0 Å². The van der Waals surface area contributed by atoms with Gasteiger partial charge in [-0.15, -0.1) is 0 Å². The Morgan fingerprint density at radius 2 is 2.00 bits per heavy atom. The van der Waals surface area contributed by atoms with Crippen molar-refractivity contribution in [2.45, 2.75) is 84.3 Å². The van der Waals surface area contributed by atoms with E-state index >= 15 is 0 Å². The maximum atomic E-state index is 11.7. The molecule has 0 saturated heterocycles. The van der Waals surface area contributed by atoms with Crippen LogP contribution in [0.25, 0.3) is 0 Å². The number of aliphatic hydroxyl groups is 2. The number of rotatable bonds is 2. The highest BCUT2D eigenvalue weighted by atomic mass is 16.3. The van der Waals surface area contributed by atoms with E-state index in [1.54, 1.807) is 5.57 Å². The summed E-state index contributed by atoms with van der Waals surface area (Å²) in [5.74, 6) is 2.32. The first-order valence-corrected chi connectivity index (χ1v) is 10.5. The Hall–Kier alpha value is -0.600. The smallest absolute Gasteiger partial charge is 0.0753 e. The third-order valence-electron chi connectivity index (χ3n) is 9.02. The van der Waals surface area contributed by atoms with Gasteiger partial charge in [0.05, 0.1) is 11.7 Å². The minimum atomic E-state index is -0.712. The van der Waals surface area contributed by atoms with Crippen LogP contribution >= 0.6 is 0 Å². The quantitative estimate of drug-likeness (QED) is 0.702. The van der Waals surface area contributed by atoms with Crippen molar-refractivity contribution >= 4 is 0 Å². The lowest BCUT2D eigenvalue weighted by molar-refractivity contribution is -0.149. The highest BCUT2D eigenvalue weighted by molar-refractivity contribution is 5.32. The highest BCUT2D eigenvalue weighted by Crippen LogP contribution is 2.68. The standard InChI is InChI=1S/C23H36O2/c1-15-13-20-18-9-8-17-7-5-6-11-21(17,3)19(18)10-12-22(20,4)23(15,25)14-16(2)24/h6-7,11,15-16,18-20,24-25H,5,8-10,12-14H2,1-4H3/t15?,16?,18-,19+,20+,21+,22+,23-/m1/s1. The van der Waals surface area contributed by atoms with Crippen molar-refractivity contribution in [3.63, 3.8) is 0 Å². The van der Waals surface area contributed by atoms with E-state index in [1.165, 1.54) is 19.3 Å². The molecule has 0 heterocycles. The summed E-state index contributed by atoms with van der Waals surface area (Å²) in [6.07, 6.45) is 14.5. The number of hydrogen-bond donors (Lipinski definition) is 2. The molecule has 2 unspecified atom stereocenters. The Balaban J connectivity index is 1.69. The van der Waals surface area contributed by atoms with Gasteiger partial charge >= 0.3 is 0 Å². The van der Waals surface area contributed by atoms with Crippen LogP contribution in [0.15, 0.2) is 23.8 Å². The molecule has 2 N–H and O–H groups in total. The van der Waals surface area contributed by atoms with Gasteiger partial charge in [0.15, 0.2) is 0 Å². The highest BCUT2D eigenvalue weighted by Gasteiger charge is 2.65. The molecule has 2 heteroatoms. The van der Waals surface area contributed by atoms with Crippen molar-refractivity contribution < 1.29 is 10.2 Å². The van der Waals surface area contributed by atoms with Crippen LogP contribution in [0.4, 0.5) is 0 Å². The second-order valence-corrected chi connectivity index (χ2v) is 10.1. The zero-order chi connectivity index (χ0) is 18.0. The summed E-state index contributed by atoms with van der Waals surface area (Å²) in [5.41, 5.74) is 1.16. The Kier molecular flexibility index (Phi) is 4.05. The molecule has 4 rings (SSSR count). The van der Waals surface area contributed by atoms with Crippen molar-refractivity contribution in [3.05, 3.63) is 23.8 Å². The monoisotopic (exact) mass is 344 g/mol. The molecule has 3 fully saturated rings. The van der Waals surface area contributed by atoms with E-state index in [9.17, 15) is 10.2 Å². The number of fused-ring (bicyclic) bond motifs is 5. The van der Waals surface area contributed by atoms with E-state index in [0.29, 0.717) is 18.3 Å². The molecule has 2 nitrogen and oxygen atoms in total. The number of hydrogen-bond acceptors (Lipinski definition) is 2. The van der Waals surface area contributed by atoms with E-state index in [2.05, 4.69) is 39.0 Å². The van der Waals surface area contributed by atoms with Crippen LogP contribution in [-0.4, -0.2) is 21.9 Å². The maximum absolute atomic E-state index is 11.7. The van der Waals surface area contributed by atoms with Gasteiger partial charge < -0.3 is 10.2 Å². The summed E-state index contributed by atoms with van der Waals surface area (Å²) in [6, 6.07) is 0. The van der Waals surface area contributed by atoms with Gasteiger partial charge in [0.25, 0.3) is 0 Å². The largest absolute Gasteiger partial charge is 0.393 e. The number of aliphatic hydroxyl groups excluding tert-OH is 1. The summed E-state index contributed by atoms with van der Waals surface area (Å²) in [5, 5.41) is 21.7. The summed E-state index contributed by atoms with van der Waals surface area (Å²) < 4.78 is 0. The normalized spacial score (nSPS) is 52.8. The van der Waals surface area contributed by atoms with E-state index in [-0.39, 0.29) is 16.7 Å². The zero-order valence-electron chi connectivity index (χ0n) is 16.5. The van der Waals surface area contributed by atoms with Crippen LogP contribution in [0.3, 0.4) is 0 Å². The lowest BCUT2D eigenvalue weighted by Crippen LogP contribution is -2.56. The first-order valence-electron chi connectivity index (χ1n) is 10.5. The van der Waals surface area contributed by atoms with E-state index < -0.39 is 11.7 Å². The fourth-order valence-corrected chi connectivity index (χ4v) is 7.66. The van der Waals surface area contributed by atoms with Crippen LogP contribution in [-0.2, 0) is 0 Å². The fraction of sp³-hybridized carbons (Fsp3) is 0.826. The molecule has 0 aromatic heterocycles. The van der Waals surface area contributed by atoms with Crippen LogP contribution in [0.5, 0.6) is 0 Å². The minimum absolute atomic E-state index is 0.0411. The van der Waals surface area contributed by atoms with Gasteiger partial charge in [-0.05, 0) is 74.5 Å². The van der Waals surface area contributed by atoms with Crippen LogP contribution in [0.1, 0.15) is 72.6 Å². The summed E-state index contributed by atoms with van der Waals surface area (Å²) >= 11 is 0. The topological polar surface area (TPSA) is 40.5 Å². The molecule has 0 amide bonds. The fourth-order valence-electron chi connectivity index (χ4n) is 7.66. The molecule has 0 radical (unpaired) electrons. The van der Waals surface area contributed by atoms with E-state index in [4.69, 9.17) is 0 Å². The second-order valence-electron chi connectivity index (χ2n) is 10.1. The van der Waals surface area contributed by atoms with Gasteiger partial charge in [-0.2, -0.15) is 0 Å². The molecule has 3 saturated carbocycles. The lowest BCUT2D eigenvalue weighted by Gasteiger charge is -2.58. The molecule has 0 aliphatic heterocycles. The van der Waals surface area contributed by atoms with Gasteiger partial charge in [-0.1, -0.05) is 44.6 Å². The minimum Gasteiger partial charge on any atom is -0.393 e. The molecule has 4 aliphatic rings. The second kappa shape index (κ2) is 5.70. The number of allylic oxidation sites excluding steroid dienone is 4. The molecular weight excluding hydrogens is 308 g/mol. The molecule has 140 valence electrons. The van der Waals surface area contributed by atoms with E-state index in [0.717, 1.165) is 25.2 Å². The van der Waals surface area contributed by atoms with Gasteiger partial charge in [-0.25, -0.2) is 0 Å². The molecule has 0 bridgehead atoms. The van der Waals surface area contributed by atoms with Crippen LogP contribution in [0, 0.1) is 34.5 Å². The van der Waals surface area contributed by atoms with Gasteiger partial charge in [0, 0.05) is 11.8 Å². The van der Waals surface area contributed by atoms with Crippen molar-refractivity contribution in [2.75, 3.05) is 0 Å². The molecule has 8 atom stereocenters. The zero-order valence-corrected chi connectivity index (χ0v) is 16.5. The average Bonchev–Trinajstić information content (AvgIpc) is 2.74. The Morgan fingerprint density at radius 3 is 2.72 bits per heavy atom. The first kappa shape index (κ1) is 17.8. The van der Waals surface area contributed by atoms with Gasteiger partial charge in [0.1, 0.15) is 0 Å². The predicted octanol–water partition coefficient (Wildman–Crippen LogP) is 4.86.